The first-order valence-electron chi connectivity index (χ1n) is 7.40. The van der Waals surface area contributed by atoms with Crippen LogP contribution in [-0.4, -0.2) is 41.7 Å². The third-order valence-corrected chi connectivity index (χ3v) is 5.21. The van der Waals surface area contributed by atoms with Crippen LogP contribution in [0.5, 0.6) is 5.75 Å². The normalized spacial score (nSPS) is 10.8. The molecule has 0 bridgehead atoms. The molecule has 2 rings (SSSR count). The van der Waals surface area contributed by atoms with E-state index in [-0.39, 0.29) is 32.5 Å². The quantitative estimate of drug-likeness (QED) is 0.725. The smallest absolute Gasteiger partial charge is 0.339 e. The van der Waals surface area contributed by atoms with E-state index in [4.69, 9.17) is 16.3 Å². The van der Waals surface area contributed by atoms with Crippen LogP contribution in [0.25, 0.3) is 0 Å². The van der Waals surface area contributed by atoms with Gasteiger partial charge < -0.3 is 14.2 Å². The van der Waals surface area contributed by atoms with Crippen molar-refractivity contribution < 1.29 is 32.2 Å². The number of nitrogens with one attached hydrogen (secondary N) is 1. The van der Waals surface area contributed by atoms with Crippen LogP contribution in [0.1, 0.15) is 20.7 Å². The number of carbonyl (C=O) groups excluding carboxylic acids is 2. The molecule has 0 aliphatic carbocycles. The maximum absolute atomic E-state index is 12.7. The maximum atomic E-state index is 12.7. The molecule has 0 radical (unpaired) electrons. The number of methoxy groups -OCH3 is 3. The molecule has 27 heavy (non-hydrogen) atoms. The predicted octanol–water partition coefficient (Wildman–Crippen LogP) is 2.72. The van der Waals surface area contributed by atoms with Gasteiger partial charge in [-0.05, 0) is 36.4 Å². The molecule has 10 heteroatoms. The van der Waals surface area contributed by atoms with Gasteiger partial charge >= 0.3 is 11.9 Å². The Bertz CT molecular complexity index is 989. The zero-order valence-electron chi connectivity index (χ0n) is 14.6. The Labute approximate surface area is 161 Å². The van der Waals surface area contributed by atoms with Crippen LogP contribution in [0.4, 0.5) is 5.69 Å². The Kier molecular flexibility index (Phi) is 6.29. The van der Waals surface area contributed by atoms with Crippen LogP contribution >= 0.6 is 11.6 Å². The molecule has 0 aliphatic rings. The van der Waals surface area contributed by atoms with E-state index in [0.29, 0.717) is 0 Å². The number of benzene rings is 2. The van der Waals surface area contributed by atoms with Crippen molar-refractivity contribution in [1.82, 2.24) is 0 Å². The van der Waals surface area contributed by atoms with Gasteiger partial charge in [0.15, 0.2) is 0 Å². The monoisotopic (exact) mass is 413 g/mol. The average molecular weight is 414 g/mol. The van der Waals surface area contributed by atoms with Crippen molar-refractivity contribution in [2.75, 3.05) is 26.1 Å². The Balaban J connectivity index is 2.47. The maximum Gasteiger partial charge on any atom is 0.339 e. The highest BCUT2D eigenvalue weighted by molar-refractivity contribution is 7.92. The largest absolute Gasteiger partial charge is 0.495 e. The number of hydrogen-bond acceptors (Lipinski definition) is 7. The van der Waals surface area contributed by atoms with E-state index >= 15 is 0 Å². The lowest BCUT2D eigenvalue weighted by atomic mass is 10.2. The predicted molar refractivity (Wildman–Crippen MR) is 97.9 cm³/mol. The molecule has 0 unspecified atom stereocenters. The molecule has 2 aromatic rings. The Morgan fingerprint density at radius 2 is 1.63 bits per heavy atom. The van der Waals surface area contributed by atoms with Gasteiger partial charge in [-0.25, -0.2) is 18.0 Å². The van der Waals surface area contributed by atoms with Gasteiger partial charge in [0.1, 0.15) is 5.75 Å². The molecule has 0 saturated carbocycles. The topological polar surface area (TPSA) is 108 Å². The first-order chi connectivity index (χ1) is 12.7. The molecular formula is C17H16ClNO7S. The first kappa shape index (κ1) is 20.5. The van der Waals surface area contributed by atoms with E-state index in [9.17, 15) is 18.0 Å². The van der Waals surface area contributed by atoms with Gasteiger partial charge in [0.05, 0.1) is 48.1 Å². The van der Waals surface area contributed by atoms with E-state index in [2.05, 4.69) is 14.2 Å². The second-order valence-electron chi connectivity index (χ2n) is 5.15. The number of carbonyl (C=O) groups is 2. The fourth-order valence-corrected chi connectivity index (χ4v) is 3.46. The van der Waals surface area contributed by atoms with Crippen LogP contribution in [0, 0.1) is 0 Å². The van der Waals surface area contributed by atoms with Gasteiger partial charge in [-0.15, -0.1) is 0 Å². The second-order valence-corrected chi connectivity index (χ2v) is 7.23. The first-order valence-corrected chi connectivity index (χ1v) is 9.26. The molecule has 0 atom stereocenters. The molecule has 0 saturated heterocycles. The van der Waals surface area contributed by atoms with Crippen LogP contribution in [0.2, 0.25) is 5.02 Å². The lowest BCUT2D eigenvalue weighted by molar-refractivity contribution is 0.0591. The van der Waals surface area contributed by atoms with Gasteiger partial charge in [0.2, 0.25) is 0 Å². The molecule has 0 aliphatic heterocycles. The van der Waals surface area contributed by atoms with Crippen LogP contribution < -0.4 is 9.46 Å². The third-order valence-electron chi connectivity index (χ3n) is 3.52. The molecule has 0 heterocycles. The summed E-state index contributed by atoms with van der Waals surface area (Å²) >= 11 is 5.91. The van der Waals surface area contributed by atoms with Crippen molar-refractivity contribution in [1.29, 1.82) is 0 Å². The van der Waals surface area contributed by atoms with Gasteiger partial charge in [-0.3, -0.25) is 4.72 Å². The van der Waals surface area contributed by atoms with E-state index in [0.717, 1.165) is 13.2 Å². The molecule has 0 fully saturated rings. The molecule has 8 nitrogen and oxygen atoms in total. The average Bonchev–Trinajstić information content (AvgIpc) is 2.66. The van der Waals surface area contributed by atoms with E-state index in [1.807, 2.05) is 0 Å². The summed E-state index contributed by atoms with van der Waals surface area (Å²) in [4.78, 5) is 23.2. The molecular weight excluding hydrogens is 398 g/mol. The lowest BCUT2D eigenvalue weighted by Crippen LogP contribution is -2.15. The van der Waals surface area contributed by atoms with Crippen molar-refractivity contribution in [3.05, 3.63) is 52.5 Å². The van der Waals surface area contributed by atoms with Crippen molar-refractivity contribution >= 4 is 39.3 Å². The highest BCUT2D eigenvalue weighted by Gasteiger charge is 2.21. The number of sulfonamides is 1. The minimum Gasteiger partial charge on any atom is -0.495 e. The van der Waals surface area contributed by atoms with Gasteiger partial charge in [0.25, 0.3) is 10.0 Å². The van der Waals surface area contributed by atoms with Crippen molar-refractivity contribution in [2.45, 2.75) is 4.90 Å². The SMILES string of the molecule is COC(=O)c1ccc(OC)c(NS(=O)(=O)c2ccc(Cl)c(C(=O)OC)c2)c1. The summed E-state index contributed by atoms with van der Waals surface area (Å²) in [7, 11) is -0.414. The van der Waals surface area contributed by atoms with Crippen molar-refractivity contribution in [3.8, 4) is 5.75 Å². The Morgan fingerprint density at radius 1 is 0.963 bits per heavy atom. The molecule has 144 valence electrons. The summed E-state index contributed by atoms with van der Waals surface area (Å²) in [5, 5.41) is 0.0473. The number of esters is 2. The van der Waals surface area contributed by atoms with Crippen LogP contribution in [0.3, 0.4) is 0 Å². The lowest BCUT2D eigenvalue weighted by Gasteiger charge is -2.13. The number of hydrogen-bond donors (Lipinski definition) is 1. The number of ether oxygens (including phenoxy) is 3. The highest BCUT2D eigenvalue weighted by atomic mass is 35.5. The Hall–Kier alpha value is -2.78. The molecule has 2 aromatic carbocycles. The van der Waals surface area contributed by atoms with Crippen LogP contribution in [-0.2, 0) is 19.5 Å². The Morgan fingerprint density at radius 3 is 2.22 bits per heavy atom. The zero-order chi connectivity index (χ0) is 20.2. The van der Waals surface area contributed by atoms with Crippen molar-refractivity contribution in [2.24, 2.45) is 0 Å². The van der Waals surface area contributed by atoms with E-state index in [1.165, 1.54) is 44.6 Å². The summed E-state index contributed by atoms with van der Waals surface area (Å²) < 4.78 is 42.1. The summed E-state index contributed by atoms with van der Waals surface area (Å²) in [5.41, 5.74) is 0.0506. The number of halogens is 1. The minimum absolute atomic E-state index is 0.0231. The van der Waals surface area contributed by atoms with Gasteiger partial charge in [0, 0.05) is 0 Å². The molecule has 1 N–H and O–H groups in total. The highest BCUT2D eigenvalue weighted by Crippen LogP contribution is 2.29. The van der Waals surface area contributed by atoms with E-state index < -0.39 is 22.0 Å². The molecule has 0 spiro atoms. The minimum atomic E-state index is -4.12. The van der Waals surface area contributed by atoms with Crippen LogP contribution in [0.15, 0.2) is 41.3 Å². The number of rotatable bonds is 6. The van der Waals surface area contributed by atoms with E-state index in [1.54, 1.807) is 0 Å². The fourth-order valence-electron chi connectivity index (χ4n) is 2.17. The summed E-state index contributed by atoms with van der Waals surface area (Å²) in [6.45, 7) is 0. The van der Waals surface area contributed by atoms with Gasteiger partial charge in [-0.2, -0.15) is 0 Å². The standard InChI is InChI=1S/C17H16ClNO7S/c1-24-15-7-4-10(16(20)25-2)8-14(15)19-27(22,23)11-5-6-13(18)12(9-11)17(21)26-3/h4-9,19H,1-3H3. The second kappa shape index (κ2) is 8.28. The fraction of sp³-hybridized carbons (Fsp3) is 0.176. The molecule has 0 amide bonds. The third kappa shape index (κ3) is 4.50. The van der Waals surface area contributed by atoms with Crippen molar-refractivity contribution in [3.63, 3.8) is 0 Å². The zero-order valence-corrected chi connectivity index (χ0v) is 16.2. The van der Waals surface area contributed by atoms with Gasteiger partial charge in [-0.1, -0.05) is 11.6 Å². The number of anilines is 1. The summed E-state index contributed by atoms with van der Waals surface area (Å²) in [5.74, 6) is -1.23. The summed E-state index contributed by atoms with van der Waals surface area (Å²) in [6, 6.07) is 7.72. The summed E-state index contributed by atoms with van der Waals surface area (Å²) in [6.07, 6.45) is 0. The molecule has 0 aromatic heterocycles.